The van der Waals surface area contributed by atoms with Gasteiger partial charge in [-0.15, -0.1) is 0 Å². The quantitative estimate of drug-likeness (QED) is 0.467. The van der Waals surface area contributed by atoms with Crippen molar-refractivity contribution in [3.63, 3.8) is 0 Å². The zero-order valence-corrected chi connectivity index (χ0v) is 19.2. The van der Waals surface area contributed by atoms with Gasteiger partial charge >= 0.3 is 0 Å². The van der Waals surface area contributed by atoms with Gasteiger partial charge < -0.3 is 4.74 Å². The predicted molar refractivity (Wildman–Crippen MR) is 116 cm³/mol. The van der Waals surface area contributed by atoms with Gasteiger partial charge in [0.2, 0.25) is 0 Å². The van der Waals surface area contributed by atoms with Gasteiger partial charge in [0.25, 0.3) is 10.1 Å². The maximum Gasteiger partial charge on any atom is 0.264 e. The molecule has 2 fully saturated rings. The first-order valence-corrected chi connectivity index (χ1v) is 13.1. The van der Waals surface area contributed by atoms with E-state index >= 15 is 0 Å². The van der Waals surface area contributed by atoms with Crippen LogP contribution in [0.5, 0.6) is 5.75 Å². The van der Waals surface area contributed by atoms with Crippen molar-refractivity contribution in [1.82, 2.24) is 0 Å². The lowest BCUT2D eigenvalue weighted by Gasteiger charge is -2.50. The van der Waals surface area contributed by atoms with Crippen molar-refractivity contribution in [1.29, 1.82) is 0 Å². The number of fused-ring (bicyclic) bond motifs is 5. The summed E-state index contributed by atoms with van der Waals surface area (Å²) in [6.45, 7) is 2.45. The molecule has 3 aliphatic carbocycles. The maximum atomic E-state index is 13.0. The van der Waals surface area contributed by atoms with Crippen LogP contribution in [0.25, 0.3) is 0 Å². The highest BCUT2D eigenvalue weighted by molar-refractivity contribution is 7.85. The summed E-state index contributed by atoms with van der Waals surface area (Å²) >= 11 is 0. The molecule has 30 heavy (non-hydrogen) atoms. The number of hydrogen-bond donors (Lipinski definition) is 0. The van der Waals surface area contributed by atoms with Crippen molar-refractivity contribution in [2.45, 2.75) is 64.2 Å². The Kier molecular flexibility index (Phi) is 6.01. The number of aryl methyl sites for hydroxylation is 1. The van der Waals surface area contributed by atoms with Crippen LogP contribution in [0.2, 0.25) is 0 Å². The Balaban J connectivity index is 1.49. The SMILES string of the molecule is COc1ccc2c(c1)CCC1C2CC[C@]2(C)C(=O)CC(CCCCOS(C)(=O)=O)C12. The van der Waals surface area contributed by atoms with Gasteiger partial charge in [0, 0.05) is 11.8 Å². The minimum absolute atomic E-state index is 0.181. The van der Waals surface area contributed by atoms with Crippen LogP contribution in [-0.4, -0.2) is 34.2 Å². The highest BCUT2D eigenvalue weighted by atomic mass is 32.2. The first-order valence-electron chi connectivity index (χ1n) is 11.3. The maximum absolute atomic E-state index is 13.0. The molecule has 2 saturated carbocycles. The molecule has 0 aromatic heterocycles. The molecule has 5 atom stereocenters. The lowest BCUT2D eigenvalue weighted by molar-refractivity contribution is -0.129. The molecule has 0 heterocycles. The molecule has 0 amide bonds. The first-order chi connectivity index (χ1) is 14.2. The van der Waals surface area contributed by atoms with Crippen LogP contribution in [0.1, 0.15) is 68.9 Å². The molecule has 6 heteroatoms. The first kappa shape index (κ1) is 21.8. The summed E-state index contributed by atoms with van der Waals surface area (Å²) in [5, 5.41) is 0. The molecule has 0 spiro atoms. The fourth-order valence-electron chi connectivity index (χ4n) is 6.73. The second kappa shape index (κ2) is 8.27. The number of ether oxygens (including phenoxy) is 1. The molecule has 0 saturated heterocycles. The van der Waals surface area contributed by atoms with E-state index in [4.69, 9.17) is 8.92 Å². The fraction of sp³-hybridized carbons (Fsp3) is 0.708. The largest absolute Gasteiger partial charge is 0.497 e. The third kappa shape index (κ3) is 4.05. The summed E-state index contributed by atoms with van der Waals surface area (Å²) in [6, 6.07) is 6.52. The summed E-state index contributed by atoms with van der Waals surface area (Å²) in [5.41, 5.74) is 2.70. The van der Waals surface area contributed by atoms with Crippen LogP contribution < -0.4 is 4.74 Å². The lowest BCUT2D eigenvalue weighted by atomic mass is 9.54. The molecule has 0 radical (unpaired) electrons. The van der Waals surface area contributed by atoms with Crippen molar-refractivity contribution in [2.24, 2.45) is 23.2 Å². The van der Waals surface area contributed by atoms with Crippen molar-refractivity contribution in [3.8, 4) is 5.75 Å². The van der Waals surface area contributed by atoms with E-state index < -0.39 is 10.1 Å². The van der Waals surface area contributed by atoms with E-state index in [1.807, 2.05) is 0 Å². The average Bonchev–Trinajstić information content (AvgIpc) is 2.96. The number of carbonyl (C=O) groups excluding carboxylic acids is 1. The Morgan fingerprint density at radius 3 is 2.73 bits per heavy atom. The minimum Gasteiger partial charge on any atom is -0.497 e. The van der Waals surface area contributed by atoms with Crippen molar-refractivity contribution in [3.05, 3.63) is 29.3 Å². The summed E-state index contributed by atoms with van der Waals surface area (Å²) in [4.78, 5) is 13.0. The molecular weight excluding hydrogens is 400 g/mol. The summed E-state index contributed by atoms with van der Waals surface area (Å²) in [6.07, 6.45) is 8.67. The molecule has 3 aliphatic rings. The van der Waals surface area contributed by atoms with Gasteiger partial charge in [-0.05, 0) is 85.5 Å². The Hall–Kier alpha value is -1.40. The van der Waals surface area contributed by atoms with Gasteiger partial charge in [0.1, 0.15) is 11.5 Å². The second-order valence-electron chi connectivity index (χ2n) is 9.76. The highest BCUT2D eigenvalue weighted by Crippen LogP contribution is 2.62. The van der Waals surface area contributed by atoms with Gasteiger partial charge in [-0.25, -0.2) is 0 Å². The van der Waals surface area contributed by atoms with Crippen molar-refractivity contribution >= 4 is 15.9 Å². The van der Waals surface area contributed by atoms with E-state index in [1.54, 1.807) is 7.11 Å². The van der Waals surface area contributed by atoms with Gasteiger partial charge in [0.05, 0.1) is 20.0 Å². The zero-order chi connectivity index (χ0) is 21.5. The van der Waals surface area contributed by atoms with Crippen LogP contribution in [0.15, 0.2) is 18.2 Å². The van der Waals surface area contributed by atoms with Gasteiger partial charge in [0.15, 0.2) is 0 Å². The van der Waals surface area contributed by atoms with Crippen LogP contribution in [0.4, 0.5) is 0 Å². The molecule has 166 valence electrons. The minimum atomic E-state index is -3.37. The van der Waals surface area contributed by atoms with Crippen LogP contribution >= 0.6 is 0 Å². The number of ketones is 1. The molecule has 1 aromatic rings. The molecular formula is C24H34O5S. The van der Waals surface area contributed by atoms with Gasteiger partial charge in [-0.1, -0.05) is 19.4 Å². The lowest BCUT2D eigenvalue weighted by Crippen LogP contribution is -2.44. The summed E-state index contributed by atoms with van der Waals surface area (Å²) in [5.74, 6) is 3.33. The molecule has 0 aliphatic heterocycles. The van der Waals surface area contributed by atoms with Gasteiger partial charge in [-0.2, -0.15) is 8.42 Å². The Morgan fingerprint density at radius 1 is 1.20 bits per heavy atom. The number of rotatable bonds is 7. The standard InChI is InChI=1S/C24H34O5S/c1-24-12-11-20-19-10-8-18(28-2)14-16(19)7-9-21(20)23(24)17(15-22(24)25)6-4-5-13-29-30(3,26)27/h8,10,14,17,20-21,23H,4-7,9,11-13,15H2,1-3H3/t17?,20?,21?,23?,24-/m1/s1. The predicted octanol–water partition coefficient (Wildman–Crippen LogP) is 4.49. The van der Waals surface area contributed by atoms with E-state index in [-0.39, 0.29) is 12.0 Å². The average molecular weight is 435 g/mol. The monoisotopic (exact) mass is 434 g/mol. The molecule has 4 rings (SSSR count). The van der Waals surface area contributed by atoms with E-state index in [2.05, 4.69) is 25.1 Å². The van der Waals surface area contributed by atoms with E-state index in [1.165, 1.54) is 11.1 Å². The molecule has 0 N–H and O–H groups in total. The second-order valence-corrected chi connectivity index (χ2v) is 11.4. The van der Waals surface area contributed by atoms with Crippen molar-refractivity contribution < 1.29 is 22.1 Å². The third-order valence-corrected chi connectivity index (χ3v) is 8.64. The van der Waals surface area contributed by atoms with E-state index in [9.17, 15) is 13.2 Å². The molecule has 4 unspecified atom stereocenters. The van der Waals surface area contributed by atoms with Gasteiger partial charge in [-0.3, -0.25) is 8.98 Å². The smallest absolute Gasteiger partial charge is 0.264 e. The van der Waals surface area contributed by atoms with Crippen LogP contribution in [-0.2, 0) is 25.5 Å². The number of unbranched alkanes of at least 4 members (excludes halogenated alkanes) is 1. The summed E-state index contributed by atoms with van der Waals surface area (Å²) in [7, 11) is -1.66. The topological polar surface area (TPSA) is 69.7 Å². The van der Waals surface area contributed by atoms with Crippen molar-refractivity contribution in [2.75, 3.05) is 20.0 Å². The number of benzene rings is 1. The van der Waals surface area contributed by atoms with Crippen LogP contribution in [0.3, 0.4) is 0 Å². The zero-order valence-electron chi connectivity index (χ0n) is 18.4. The molecule has 5 nitrogen and oxygen atoms in total. The van der Waals surface area contributed by atoms with E-state index in [0.717, 1.165) is 57.0 Å². The molecule has 0 bridgehead atoms. The number of methoxy groups -OCH3 is 1. The Bertz CT molecular complexity index is 908. The fourth-order valence-corrected chi connectivity index (χ4v) is 7.15. The van der Waals surface area contributed by atoms with Crippen LogP contribution in [0, 0.1) is 23.2 Å². The number of carbonyl (C=O) groups is 1. The summed E-state index contributed by atoms with van der Waals surface area (Å²) < 4.78 is 32.6. The third-order valence-electron chi connectivity index (χ3n) is 8.04. The molecule has 1 aromatic carbocycles. The number of hydrogen-bond acceptors (Lipinski definition) is 5. The Labute approximate surface area is 180 Å². The Morgan fingerprint density at radius 2 is 2.00 bits per heavy atom. The van der Waals surface area contributed by atoms with E-state index in [0.29, 0.717) is 35.9 Å². The highest BCUT2D eigenvalue weighted by Gasteiger charge is 2.58. The number of Topliss-reactive ketones (excluding diaryl/α,β-unsaturated/α-hetero) is 1. The normalized spacial score (nSPS) is 33.0.